The highest BCUT2D eigenvalue weighted by Gasteiger charge is 2.44. The van der Waals surface area contributed by atoms with Gasteiger partial charge in [-0.05, 0) is 56.6 Å². The molecular formula is C24H32N4O2. The zero-order valence-corrected chi connectivity index (χ0v) is 18.0. The summed E-state index contributed by atoms with van der Waals surface area (Å²) in [6, 6.07) is 8.92. The molecule has 160 valence electrons. The second-order valence-electron chi connectivity index (χ2n) is 9.07. The number of anilines is 2. The van der Waals surface area contributed by atoms with Gasteiger partial charge in [0.15, 0.2) is 0 Å². The van der Waals surface area contributed by atoms with Crippen LogP contribution < -0.4 is 15.4 Å². The molecule has 3 aliphatic rings. The Kier molecular flexibility index (Phi) is 5.27. The fraction of sp³-hybridized carbons (Fsp3) is 0.583. The first-order chi connectivity index (χ1) is 14.7. The molecule has 0 radical (unpaired) electrons. The summed E-state index contributed by atoms with van der Waals surface area (Å²) in [5.74, 6) is 0.777. The third-order valence-corrected chi connectivity index (χ3v) is 7.29. The van der Waals surface area contributed by atoms with E-state index in [0.717, 1.165) is 94.9 Å². The van der Waals surface area contributed by atoms with Crippen LogP contribution in [0, 0.1) is 0 Å². The van der Waals surface area contributed by atoms with E-state index in [0.29, 0.717) is 0 Å². The van der Waals surface area contributed by atoms with Gasteiger partial charge in [0.05, 0.1) is 5.69 Å². The lowest BCUT2D eigenvalue weighted by atomic mass is 9.74. The number of fused-ring (bicyclic) bond motifs is 3. The first-order valence-electron chi connectivity index (χ1n) is 11.4. The Labute approximate surface area is 178 Å². The second kappa shape index (κ2) is 8.06. The average molecular weight is 409 g/mol. The van der Waals surface area contributed by atoms with Crippen molar-refractivity contribution < 1.29 is 4.74 Å². The van der Waals surface area contributed by atoms with Crippen LogP contribution in [-0.2, 0) is 23.0 Å². The predicted octanol–water partition coefficient (Wildman–Crippen LogP) is 3.04. The molecule has 0 bridgehead atoms. The van der Waals surface area contributed by atoms with Crippen LogP contribution in [0.3, 0.4) is 0 Å². The fourth-order valence-electron chi connectivity index (χ4n) is 5.65. The number of benzene rings is 1. The lowest BCUT2D eigenvalue weighted by Gasteiger charge is -2.40. The minimum atomic E-state index is 0.0746. The third kappa shape index (κ3) is 3.41. The molecule has 1 aromatic carbocycles. The summed E-state index contributed by atoms with van der Waals surface area (Å²) in [4.78, 5) is 25.4. The number of nitrogens with one attached hydrogen (secondary N) is 1. The van der Waals surface area contributed by atoms with Crippen LogP contribution >= 0.6 is 0 Å². The molecule has 30 heavy (non-hydrogen) atoms. The quantitative estimate of drug-likeness (QED) is 0.771. The molecule has 0 unspecified atom stereocenters. The van der Waals surface area contributed by atoms with Gasteiger partial charge in [0.2, 0.25) is 5.95 Å². The molecule has 1 aliphatic carbocycles. The zero-order valence-electron chi connectivity index (χ0n) is 18.0. The molecular weight excluding hydrogens is 376 g/mol. The van der Waals surface area contributed by atoms with Crippen molar-refractivity contribution in [1.29, 1.82) is 0 Å². The van der Waals surface area contributed by atoms with Crippen molar-refractivity contribution in [3.05, 3.63) is 51.4 Å². The van der Waals surface area contributed by atoms with Crippen molar-refractivity contribution in [3.63, 3.8) is 0 Å². The van der Waals surface area contributed by atoms with E-state index in [1.54, 1.807) is 7.11 Å². The van der Waals surface area contributed by atoms with E-state index < -0.39 is 0 Å². The van der Waals surface area contributed by atoms with Crippen molar-refractivity contribution in [3.8, 4) is 0 Å². The lowest BCUT2D eigenvalue weighted by Crippen LogP contribution is -2.46. The van der Waals surface area contributed by atoms with Gasteiger partial charge in [0, 0.05) is 56.6 Å². The van der Waals surface area contributed by atoms with Crippen LogP contribution in [0.25, 0.3) is 0 Å². The van der Waals surface area contributed by atoms with Gasteiger partial charge >= 0.3 is 0 Å². The highest BCUT2D eigenvalue weighted by molar-refractivity contribution is 5.63. The van der Waals surface area contributed by atoms with Crippen molar-refractivity contribution in [2.45, 2.75) is 50.4 Å². The van der Waals surface area contributed by atoms with Gasteiger partial charge in [0.1, 0.15) is 0 Å². The summed E-state index contributed by atoms with van der Waals surface area (Å²) in [6.45, 7) is 4.79. The van der Waals surface area contributed by atoms with Crippen LogP contribution in [0.15, 0.2) is 29.1 Å². The predicted molar refractivity (Wildman–Crippen MR) is 120 cm³/mol. The van der Waals surface area contributed by atoms with E-state index in [9.17, 15) is 4.79 Å². The largest absolute Gasteiger partial charge is 0.385 e. The van der Waals surface area contributed by atoms with E-state index in [1.165, 1.54) is 11.3 Å². The summed E-state index contributed by atoms with van der Waals surface area (Å²) in [7, 11) is 1.77. The summed E-state index contributed by atoms with van der Waals surface area (Å²) >= 11 is 0. The number of aryl methyl sites for hydroxylation is 1. The molecule has 5 rings (SSSR count). The number of rotatable bonds is 5. The summed E-state index contributed by atoms with van der Waals surface area (Å²) < 4.78 is 5.27. The molecule has 1 saturated heterocycles. The van der Waals surface area contributed by atoms with Gasteiger partial charge in [0.25, 0.3) is 5.56 Å². The summed E-state index contributed by atoms with van der Waals surface area (Å²) in [6.07, 6.45) is 7.28. The molecule has 6 nitrogen and oxygen atoms in total. The number of ether oxygens (including phenoxy) is 1. The number of aromatic nitrogens is 2. The molecule has 2 aliphatic heterocycles. The van der Waals surface area contributed by atoms with Crippen LogP contribution in [0.2, 0.25) is 0 Å². The van der Waals surface area contributed by atoms with Crippen molar-refractivity contribution >= 4 is 11.6 Å². The highest BCUT2D eigenvalue weighted by Crippen LogP contribution is 2.47. The normalized spacial score (nSPS) is 19.8. The van der Waals surface area contributed by atoms with Crippen LogP contribution in [0.4, 0.5) is 11.6 Å². The van der Waals surface area contributed by atoms with Gasteiger partial charge in [-0.3, -0.25) is 9.78 Å². The molecule has 1 N–H and O–H groups in total. The molecule has 3 heterocycles. The Morgan fingerprint density at radius 2 is 1.97 bits per heavy atom. The van der Waals surface area contributed by atoms with Gasteiger partial charge in [-0.25, -0.2) is 4.98 Å². The lowest BCUT2D eigenvalue weighted by molar-refractivity contribution is 0.195. The number of aromatic amines is 1. The molecule has 1 fully saturated rings. The molecule has 0 saturated carbocycles. The maximum absolute atomic E-state index is 12.6. The van der Waals surface area contributed by atoms with Gasteiger partial charge in [-0.15, -0.1) is 0 Å². The maximum atomic E-state index is 12.6. The summed E-state index contributed by atoms with van der Waals surface area (Å²) in [5, 5.41) is 0. The topological polar surface area (TPSA) is 61.5 Å². The zero-order chi connectivity index (χ0) is 20.6. The number of methoxy groups -OCH3 is 1. The monoisotopic (exact) mass is 408 g/mol. The molecule has 0 atom stereocenters. The van der Waals surface area contributed by atoms with Gasteiger partial charge in [-0.2, -0.15) is 0 Å². The minimum absolute atomic E-state index is 0.0746. The number of piperidine rings is 1. The standard InChI is InChI=1S/C24H32N4O2/c1-30-16-6-13-28-17-24(19-8-3-5-10-21(19)28)11-14-27(15-12-24)23-25-20-9-4-2-7-18(20)22(29)26-23/h3,5,8,10H,2,4,6-7,9,11-17H2,1H3,(H,25,26,29). The number of hydrogen-bond acceptors (Lipinski definition) is 5. The first-order valence-corrected chi connectivity index (χ1v) is 11.4. The number of nitrogens with zero attached hydrogens (tertiary/aromatic N) is 3. The number of hydrogen-bond donors (Lipinski definition) is 1. The van der Waals surface area contributed by atoms with Crippen molar-refractivity contribution in [2.75, 3.05) is 49.7 Å². The van der Waals surface area contributed by atoms with Crippen molar-refractivity contribution in [1.82, 2.24) is 9.97 Å². The van der Waals surface area contributed by atoms with E-state index in [1.807, 2.05) is 0 Å². The van der Waals surface area contributed by atoms with E-state index >= 15 is 0 Å². The first kappa shape index (κ1) is 19.6. The van der Waals surface area contributed by atoms with Crippen molar-refractivity contribution in [2.24, 2.45) is 0 Å². The van der Waals surface area contributed by atoms with Gasteiger partial charge in [-0.1, -0.05) is 18.2 Å². The van der Waals surface area contributed by atoms with E-state index in [2.05, 4.69) is 39.0 Å². The second-order valence-corrected chi connectivity index (χ2v) is 9.07. The Morgan fingerprint density at radius 1 is 1.17 bits per heavy atom. The SMILES string of the molecule is COCCCN1CC2(CCN(c3nc4c(c(=O)[nH]3)CCCC4)CC2)c2ccccc21. The van der Waals surface area contributed by atoms with Crippen LogP contribution in [-0.4, -0.2) is 49.9 Å². The highest BCUT2D eigenvalue weighted by atomic mass is 16.5. The van der Waals surface area contributed by atoms with E-state index in [-0.39, 0.29) is 11.0 Å². The smallest absolute Gasteiger partial charge is 0.255 e. The Bertz CT molecular complexity index is 962. The molecule has 1 spiro atoms. The number of H-pyrrole nitrogens is 1. The average Bonchev–Trinajstić information content (AvgIpc) is 3.08. The third-order valence-electron chi connectivity index (χ3n) is 7.29. The fourth-order valence-corrected chi connectivity index (χ4v) is 5.65. The maximum Gasteiger partial charge on any atom is 0.255 e. The Morgan fingerprint density at radius 3 is 2.80 bits per heavy atom. The van der Waals surface area contributed by atoms with E-state index in [4.69, 9.17) is 9.72 Å². The van der Waals surface area contributed by atoms with Gasteiger partial charge < -0.3 is 14.5 Å². The molecule has 1 aromatic heterocycles. The minimum Gasteiger partial charge on any atom is -0.385 e. The number of para-hydroxylation sites is 1. The molecule has 2 aromatic rings. The van der Waals surface area contributed by atoms with Crippen LogP contribution in [0.5, 0.6) is 0 Å². The Balaban J connectivity index is 1.34. The Hall–Kier alpha value is -2.34. The summed E-state index contributed by atoms with van der Waals surface area (Å²) in [5.41, 5.74) is 5.10. The molecule has 6 heteroatoms. The molecule has 0 amide bonds. The van der Waals surface area contributed by atoms with Crippen LogP contribution in [0.1, 0.15) is 48.9 Å².